The fourth-order valence-electron chi connectivity index (χ4n) is 5.48. The molecule has 4 rings (SSSR count). The first kappa shape index (κ1) is 39.0. The van der Waals surface area contributed by atoms with Crippen LogP contribution in [0.5, 0.6) is 0 Å². The van der Waals surface area contributed by atoms with Crippen LogP contribution in [0.2, 0.25) is 10.0 Å². The lowest BCUT2D eigenvalue weighted by Crippen LogP contribution is -2.60. The molecule has 3 aromatic carbocycles. The van der Waals surface area contributed by atoms with E-state index in [2.05, 4.69) is 10.6 Å². The number of amides is 4. The zero-order chi connectivity index (χ0) is 35.6. The molecule has 1 aliphatic heterocycles. The number of hydrogen-bond acceptors (Lipinski definition) is 7. The first-order valence-electron chi connectivity index (χ1n) is 15.6. The van der Waals surface area contributed by atoms with Gasteiger partial charge in [-0.25, -0.2) is 0 Å². The highest BCUT2D eigenvalue weighted by Gasteiger charge is 2.37. The molecule has 0 unspecified atom stereocenters. The van der Waals surface area contributed by atoms with Gasteiger partial charge in [0.1, 0.15) is 18.1 Å². The highest BCUT2D eigenvalue weighted by Crippen LogP contribution is 2.39. The Hall–Kier alpha value is -2.77. The number of benzene rings is 3. The zero-order valence-corrected chi connectivity index (χ0v) is 30.6. The van der Waals surface area contributed by atoms with Gasteiger partial charge in [0.05, 0.1) is 15.5 Å². The number of thioether (sulfide) groups is 2. The number of rotatable bonds is 16. The van der Waals surface area contributed by atoms with E-state index in [4.69, 9.17) is 28.9 Å². The number of nitrogens with zero attached hydrogens (tertiary/aromatic N) is 1. The van der Waals surface area contributed by atoms with Gasteiger partial charge in [0.25, 0.3) is 0 Å². The summed E-state index contributed by atoms with van der Waals surface area (Å²) in [5.74, 6) is -1.30. The van der Waals surface area contributed by atoms with Crippen molar-refractivity contribution in [2.45, 2.75) is 56.0 Å². The van der Waals surface area contributed by atoms with Crippen LogP contribution >= 0.6 is 54.3 Å². The van der Waals surface area contributed by atoms with E-state index < -0.39 is 54.8 Å². The third-order valence-corrected chi connectivity index (χ3v) is 12.3. The van der Waals surface area contributed by atoms with Crippen LogP contribution in [0.4, 0.5) is 0 Å². The lowest BCUT2D eigenvalue weighted by atomic mass is 9.98. The Kier molecular flexibility index (Phi) is 14.7. The lowest BCUT2D eigenvalue weighted by Gasteiger charge is -2.37. The van der Waals surface area contributed by atoms with Crippen LogP contribution in [0, 0.1) is 0 Å². The maximum Gasteiger partial charge on any atom is 0.335 e. The van der Waals surface area contributed by atoms with E-state index in [1.807, 2.05) is 48.5 Å². The average molecular weight is 770 g/mol. The van der Waals surface area contributed by atoms with Crippen molar-refractivity contribution in [2.75, 3.05) is 23.5 Å². The summed E-state index contributed by atoms with van der Waals surface area (Å²) in [7, 11) is -4.38. The largest absolute Gasteiger partial charge is 0.368 e. The topological polar surface area (TPSA) is 179 Å². The highest BCUT2D eigenvalue weighted by molar-refractivity contribution is 8.04. The smallest absolute Gasteiger partial charge is 0.335 e. The molecule has 0 spiro atoms. The van der Waals surface area contributed by atoms with Gasteiger partial charge >= 0.3 is 7.60 Å². The summed E-state index contributed by atoms with van der Waals surface area (Å²) in [6.07, 6.45) is 1.85. The molecule has 1 saturated heterocycles. The maximum atomic E-state index is 13.9. The molecule has 16 heteroatoms. The van der Waals surface area contributed by atoms with Gasteiger partial charge in [0.2, 0.25) is 23.6 Å². The first-order chi connectivity index (χ1) is 23.3. The van der Waals surface area contributed by atoms with Gasteiger partial charge in [-0.05, 0) is 53.3 Å². The maximum absolute atomic E-state index is 13.9. The molecular weight excluding hydrogens is 730 g/mol. The first-order valence-corrected chi connectivity index (χ1v) is 20.5. The zero-order valence-electron chi connectivity index (χ0n) is 26.6. The molecule has 4 amide bonds. The molecule has 1 heterocycles. The monoisotopic (exact) mass is 768 g/mol. The number of fused-ring (bicyclic) bond motifs is 1. The van der Waals surface area contributed by atoms with Crippen LogP contribution in [0.25, 0.3) is 10.8 Å². The molecular formula is C33H39Cl2N4O7PS2. The van der Waals surface area contributed by atoms with Crippen LogP contribution < -0.4 is 16.4 Å². The fraction of sp³-hybridized carbons (Fsp3) is 0.394. The number of piperidine rings is 1. The van der Waals surface area contributed by atoms with Gasteiger partial charge in [0.15, 0.2) is 0 Å². The third kappa shape index (κ3) is 12.2. The van der Waals surface area contributed by atoms with E-state index in [-0.39, 0.29) is 25.1 Å². The van der Waals surface area contributed by atoms with E-state index in [1.54, 1.807) is 12.1 Å². The Morgan fingerprint density at radius 1 is 0.918 bits per heavy atom. The van der Waals surface area contributed by atoms with E-state index in [0.717, 1.165) is 33.7 Å². The van der Waals surface area contributed by atoms with Crippen molar-refractivity contribution in [2.24, 2.45) is 5.73 Å². The van der Waals surface area contributed by atoms with Crippen molar-refractivity contribution in [3.05, 3.63) is 81.8 Å². The normalized spacial score (nSPS) is 16.2. The quantitative estimate of drug-likeness (QED) is 0.102. The molecule has 3 atom stereocenters. The van der Waals surface area contributed by atoms with Crippen molar-refractivity contribution in [1.29, 1.82) is 0 Å². The van der Waals surface area contributed by atoms with Crippen molar-refractivity contribution < 1.29 is 33.5 Å². The summed E-state index contributed by atoms with van der Waals surface area (Å²) in [6, 6.07) is 15.7. The molecule has 49 heavy (non-hydrogen) atoms. The van der Waals surface area contributed by atoms with E-state index in [9.17, 15) is 33.5 Å². The number of nitrogens with one attached hydrogen (secondary N) is 2. The second-order valence-corrected chi connectivity index (χ2v) is 16.8. The van der Waals surface area contributed by atoms with E-state index in [0.29, 0.717) is 40.8 Å². The molecule has 11 nitrogen and oxygen atoms in total. The standard InChI is InChI=1S/C33H39Cl2N4O7PS2/c34-25-11-9-22(16-26(25)35)18-48-14-12-30(40)37-28(19-49-20-47(44,45)46)33(43)39-13-4-3-7-29(39)32(42)38-27(31(36)41)17-21-8-10-23-5-1-2-6-24(23)15-21/h1-2,5-6,8-11,15-16,27-29H,3-4,7,12-14,17-20H2,(H2,36,41)(H,37,40)(H,38,42)(H2,44,45,46)/t27-,28-,29-/m0/s1. The van der Waals surface area contributed by atoms with Crippen molar-refractivity contribution in [3.63, 3.8) is 0 Å². The Morgan fingerprint density at radius 2 is 1.65 bits per heavy atom. The average Bonchev–Trinajstić information content (AvgIpc) is 3.06. The van der Waals surface area contributed by atoms with Gasteiger partial charge in [-0.1, -0.05) is 71.7 Å². The second kappa shape index (κ2) is 18.5. The van der Waals surface area contributed by atoms with Crippen molar-refractivity contribution in [1.82, 2.24) is 15.5 Å². The highest BCUT2D eigenvalue weighted by atomic mass is 35.5. The molecule has 0 saturated carbocycles. The molecule has 3 aromatic rings. The third-order valence-electron chi connectivity index (χ3n) is 7.91. The Morgan fingerprint density at radius 3 is 2.37 bits per heavy atom. The molecule has 1 fully saturated rings. The summed E-state index contributed by atoms with van der Waals surface area (Å²) in [5.41, 5.74) is 6.90. The predicted octanol–water partition coefficient (Wildman–Crippen LogP) is 4.72. The molecule has 0 bridgehead atoms. The number of nitrogens with two attached hydrogens (primary N) is 1. The van der Waals surface area contributed by atoms with Gasteiger partial charge in [-0.2, -0.15) is 11.8 Å². The Labute approximate surface area is 303 Å². The predicted molar refractivity (Wildman–Crippen MR) is 197 cm³/mol. The van der Waals surface area contributed by atoms with Gasteiger partial charge in [-0.15, -0.1) is 11.8 Å². The van der Waals surface area contributed by atoms with Gasteiger partial charge < -0.3 is 31.1 Å². The fourth-order valence-corrected chi connectivity index (χ4v) is 8.52. The molecule has 1 aliphatic rings. The number of primary amides is 1. The second-order valence-electron chi connectivity index (χ2n) is 11.7. The Balaban J connectivity index is 1.40. The molecule has 6 N–H and O–H groups in total. The Bertz CT molecular complexity index is 1710. The van der Waals surface area contributed by atoms with Crippen LogP contribution in [-0.2, 0) is 35.9 Å². The van der Waals surface area contributed by atoms with Crippen LogP contribution in [0.1, 0.15) is 36.8 Å². The molecule has 264 valence electrons. The van der Waals surface area contributed by atoms with Crippen LogP contribution in [0.3, 0.4) is 0 Å². The molecule has 0 aromatic heterocycles. The minimum atomic E-state index is -4.38. The number of carbonyl (C=O) groups excluding carboxylic acids is 4. The minimum absolute atomic E-state index is 0.0813. The van der Waals surface area contributed by atoms with Gasteiger partial charge in [-0.3, -0.25) is 23.7 Å². The summed E-state index contributed by atoms with van der Waals surface area (Å²) < 4.78 is 11.5. The summed E-state index contributed by atoms with van der Waals surface area (Å²) in [5, 5.41) is 8.36. The minimum Gasteiger partial charge on any atom is -0.368 e. The number of carbonyl (C=O) groups is 4. The van der Waals surface area contributed by atoms with E-state index in [1.165, 1.54) is 16.7 Å². The van der Waals surface area contributed by atoms with Gasteiger partial charge in [0, 0.05) is 36.6 Å². The van der Waals surface area contributed by atoms with Crippen molar-refractivity contribution in [3.8, 4) is 0 Å². The summed E-state index contributed by atoms with van der Waals surface area (Å²) >= 11 is 14.4. The molecule has 0 aliphatic carbocycles. The number of halogens is 2. The van der Waals surface area contributed by atoms with Crippen LogP contribution in [0.15, 0.2) is 60.7 Å². The van der Waals surface area contributed by atoms with Crippen molar-refractivity contribution >= 4 is 88.7 Å². The number of likely N-dealkylation sites (tertiary alicyclic amines) is 1. The van der Waals surface area contributed by atoms with Crippen LogP contribution in [-0.4, -0.2) is 80.0 Å². The summed E-state index contributed by atoms with van der Waals surface area (Å²) in [4.78, 5) is 73.1. The lowest BCUT2D eigenvalue weighted by molar-refractivity contribution is -0.145. The molecule has 0 radical (unpaired) electrons. The number of hydrogen-bond donors (Lipinski definition) is 5. The summed E-state index contributed by atoms with van der Waals surface area (Å²) in [6.45, 7) is 0.234. The van der Waals surface area contributed by atoms with E-state index >= 15 is 0 Å². The SMILES string of the molecule is NC(=O)[C@H](Cc1ccc2ccccc2c1)NC(=O)[C@@H]1CCCCN1C(=O)[C@H](CSCP(=O)(O)O)NC(=O)CCSCc1ccc(Cl)c(Cl)c1.